The number of ether oxygens (including phenoxy) is 6. The molecule has 18 heteroatoms. The molecule has 4 unspecified atom stereocenters. The van der Waals surface area contributed by atoms with Crippen LogP contribution in [-0.4, -0.2) is 124 Å². The minimum Gasteiger partial charge on any atom is -0.466 e. The van der Waals surface area contributed by atoms with E-state index in [4.69, 9.17) is 28.4 Å². The number of nitrogens with zero attached hydrogens (tertiary/aromatic N) is 2. The maximum absolute atomic E-state index is 13.2. The van der Waals surface area contributed by atoms with E-state index in [1.807, 2.05) is 0 Å². The Kier molecular flexibility index (Phi) is 21.6. The van der Waals surface area contributed by atoms with E-state index in [9.17, 15) is 38.4 Å². The molecule has 2 N–H and O–H groups in total. The minimum atomic E-state index is -0.906. The zero-order valence-corrected chi connectivity index (χ0v) is 33.7. The van der Waals surface area contributed by atoms with Gasteiger partial charge in [-0.1, -0.05) is 6.92 Å². The van der Waals surface area contributed by atoms with E-state index in [2.05, 4.69) is 17.6 Å². The third-order valence-electron chi connectivity index (χ3n) is 10.3. The van der Waals surface area contributed by atoms with E-state index in [0.717, 1.165) is 41.9 Å². The molecule has 2 bridgehead atoms. The highest BCUT2D eigenvalue weighted by Crippen LogP contribution is 2.56. The molecule has 2 aliphatic carbocycles. The third-order valence-corrected chi connectivity index (χ3v) is 10.3. The van der Waals surface area contributed by atoms with E-state index in [-0.39, 0.29) is 103 Å². The average Bonchev–Trinajstić information content (AvgIpc) is 3.53. The van der Waals surface area contributed by atoms with Crippen molar-refractivity contribution >= 4 is 48.1 Å². The number of nitrogens with one attached hydrogen (secondary N) is 2. The smallest absolute Gasteiger partial charge is 0.417 e. The molecule has 6 amide bonds. The lowest BCUT2D eigenvalue weighted by Gasteiger charge is -2.35. The number of imide groups is 2. The second-order valence-corrected chi connectivity index (χ2v) is 13.9. The number of carbonyl (C=O) groups excluding carboxylic acids is 8. The van der Waals surface area contributed by atoms with Crippen LogP contribution in [0.5, 0.6) is 0 Å². The Labute approximate surface area is 329 Å². The highest BCUT2D eigenvalue weighted by molar-refractivity contribution is 5.92. The molecular weight excluding hydrogens is 736 g/mol. The van der Waals surface area contributed by atoms with Gasteiger partial charge in [-0.25, -0.2) is 29.0 Å². The Hall–Kier alpha value is -4.64. The van der Waals surface area contributed by atoms with Crippen LogP contribution < -0.4 is 10.6 Å². The van der Waals surface area contributed by atoms with Gasteiger partial charge in [-0.2, -0.15) is 0 Å². The Balaban J connectivity index is 1.96. The minimum absolute atomic E-state index is 0.0632. The molecule has 2 saturated carbocycles. The summed E-state index contributed by atoms with van der Waals surface area (Å²) in [4.78, 5) is 101. The van der Waals surface area contributed by atoms with Gasteiger partial charge in [0.05, 0.1) is 65.3 Å². The molecule has 0 aromatic rings. The summed E-state index contributed by atoms with van der Waals surface area (Å²) in [5.74, 6) is -1.24. The van der Waals surface area contributed by atoms with Gasteiger partial charge >= 0.3 is 48.1 Å². The van der Waals surface area contributed by atoms with Gasteiger partial charge < -0.3 is 39.1 Å². The van der Waals surface area contributed by atoms with Crippen LogP contribution in [0, 0.1) is 23.2 Å². The molecule has 0 heterocycles. The third kappa shape index (κ3) is 16.2. The Morgan fingerprint density at radius 2 is 1.04 bits per heavy atom. The fourth-order valence-electron chi connectivity index (χ4n) is 7.33. The number of amides is 6. The van der Waals surface area contributed by atoms with Gasteiger partial charge in [-0.05, 0) is 95.8 Å². The van der Waals surface area contributed by atoms with Crippen LogP contribution in [0.2, 0.25) is 0 Å². The van der Waals surface area contributed by atoms with Crippen molar-refractivity contribution in [2.45, 2.75) is 105 Å². The summed E-state index contributed by atoms with van der Waals surface area (Å²) < 4.78 is 30.8. The summed E-state index contributed by atoms with van der Waals surface area (Å²) >= 11 is 0. The molecular formula is C38H62N4O14. The Morgan fingerprint density at radius 3 is 1.50 bits per heavy atom. The SMILES string of the molecule is CCOC(=O)CCNC(=O)N(CCC(=O)OCC)C(=O)OCCC1CCC(C)C2(CCOC(=O)N(CCC(=O)OCC)C(=O)NCCC(=O)OCC)CCC1C2. The first-order valence-electron chi connectivity index (χ1n) is 19.9. The molecule has 2 rings (SSSR count). The summed E-state index contributed by atoms with van der Waals surface area (Å²) in [6.45, 7) is 9.01. The fourth-order valence-corrected chi connectivity index (χ4v) is 7.33. The van der Waals surface area contributed by atoms with Gasteiger partial charge in [-0.15, -0.1) is 0 Å². The molecule has 0 aromatic carbocycles. The number of hydrogen-bond donors (Lipinski definition) is 2. The molecule has 2 aliphatic rings. The molecule has 0 saturated heterocycles. The van der Waals surface area contributed by atoms with Gasteiger partial charge in [0, 0.05) is 26.2 Å². The van der Waals surface area contributed by atoms with Crippen molar-refractivity contribution in [3.63, 3.8) is 0 Å². The lowest BCUT2D eigenvalue weighted by Crippen LogP contribution is -2.46. The molecule has 18 nitrogen and oxygen atoms in total. The second kappa shape index (κ2) is 25.5. The van der Waals surface area contributed by atoms with Crippen LogP contribution in [0.25, 0.3) is 0 Å². The predicted octanol–water partition coefficient (Wildman–Crippen LogP) is 4.71. The number of hydrogen-bond acceptors (Lipinski definition) is 14. The second-order valence-electron chi connectivity index (χ2n) is 13.9. The van der Waals surface area contributed by atoms with Gasteiger partial charge in [-0.3, -0.25) is 19.2 Å². The van der Waals surface area contributed by atoms with Crippen molar-refractivity contribution in [1.29, 1.82) is 0 Å². The zero-order chi connectivity index (χ0) is 41.5. The monoisotopic (exact) mass is 798 g/mol. The van der Waals surface area contributed by atoms with Crippen molar-refractivity contribution in [2.24, 2.45) is 23.2 Å². The summed E-state index contributed by atoms with van der Waals surface area (Å²) in [5, 5.41) is 5.00. The topological polar surface area (TPSA) is 222 Å². The van der Waals surface area contributed by atoms with Gasteiger partial charge in [0.25, 0.3) is 0 Å². The van der Waals surface area contributed by atoms with Crippen molar-refractivity contribution < 1.29 is 66.8 Å². The lowest BCUT2D eigenvalue weighted by atomic mass is 9.71. The maximum Gasteiger partial charge on any atom is 0.417 e. The van der Waals surface area contributed by atoms with Crippen LogP contribution in [0.4, 0.5) is 19.2 Å². The molecule has 4 atom stereocenters. The molecule has 0 spiro atoms. The highest BCUT2D eigenvalue weighted by atomic mass is 16.6. The van der Waals surface area contributed by atoms with Crippen LogP contribution in [0.1, 0.15) is 105 Å². The van der Waals surface area contributed by atoms with E-state index < -0.39 is 48.1 Å². The van der Waals surface area contributed by atoms with E-state index in [0.29, 0.717) is 24.7 Å². The first kappa shape index (κ1) is 47.5. The van der Waals surface area contributed by atoms with E-state index in [1.54, 1.807) is 27.7 Å². The van der Waals surface area contributed by atoms with Crippen molar-refractivity contribution in [2.75, 3.05) is 65.8 Å². The quantitative estimate of drug-likeness (QED) is 0.112. The number of rotatable bonds is 22. The number of esters is 4. The molecule has 2 fully saturated rings. The van der Waals surface area contributed by atoms with Crippen molar-refractivity contribution in [1.82, 2.24) is 20.4 Å². The summed E-state index contributed by atoms with van der Waals surface area (Å²) in [6, 6.07) is -1.60. The normalized spacial score (nSPS) is 19.7. The maximum atomic E-state index is 13.2. The number of urea groups is 2. The average molecular weight is 799 g/mol. The number of fused-ring (bicyclic) bond motifs is 2. The van der Waals surface area contributed by atoms with Crippen LogP contribution in [0.3, 0.4) is 0 Å². The first-order valence-corrected chi connectivity index (χ1v) is 19.9. The molecule has 0 aromatic heterocycles. The summed E-state index contributed by atoms with van der Waals surface area (Å²) in [7, 11) is 0. The molecule has 318 valence electrons. The van der Waals surface area contributed by atoms with Crippen molar-refractivity contribution in [3.05, 3.63) is 0 Å². The molecule has 0 aliphatic heterocycles. The summed E-state index contributed by atoms with van der Waals surface area (Å²) in [6.07, 6.45) is 3.30. The predicted molar refractivity (Wildman–Crippen MR) is 199 cm³/mol. The van der Waals surface area contributed by atoms with Crippen molar-refractivity contribution in [3.8, 4) is 0 Å². The zero-order valence-electron chi connectivity index (χ0n) is 33.7. The first-order chi connectivity index (χ1) is 26.8. The van der Waals surface area contributed by atoms with Crippen LogP contribution >= 0.6 is 0 Å². The Morgan fingerprint density at radius 1 is 0.589 bits per heavy atom. The van der Waals surface area contributed by atoms with Gasteiger partial charge in [0.1, 0.15) is 0 Å². The standard InChI is InChI=1S/C38H62N4O14/c1-6-51-30(43)13-20-39-34(47)41(22-15-32(45)53-8-3)36(49)55-24-17-28-11-10-27(5)38(18-12-29(28)26-38)19-25-56-37(50)42(23-16-33(46)54-9-4)35(48)40-21-14-31(44)52-7-2/h27-29H,6-26H2,1-5H3,(H,39,47)(H,40,48). The van der Waals surface area contributed by atoms with Gasteiger partial charge in [0.15, 0.2) is 0 Å². The van der Waals surface area contributed by atoms with Gasteiger partial charge in [0.2, 0.25) is 0 Å². The van der Waals surface area contributed by atoms with Crippen LogP contribution in [0.15, 0.2) is 0 Å². The van der Waals surface area contributed by atoms with E-state index >= 15 is 0 Å². The molecule has 0 radical (unpaired) electrons. The number of carbonyl (C=O) groups is 8. The van der Waals surface area contributed by atoms with Crippen LogP contribution in [-0.2, 0) is 47.6 Å². The lowest BCUT2D eigenvalue weighted by molar-refractivity contribution is -0.144. The summed E-state index contributed by atoms with van der Waals surface area (Å²) in [5.41, 5.74) is -0.0976. The Bertz CT molecular complexity index is 1330. The highest BCUT2D eigenvalue weighted by Gasteiger charge is 2.47. The molecule has 56 heavy (non-hydrogen) atoms. The van der Waals surface area contributed by atoms with E-state index in [1.165, 1.54) is 0 Å². The largest absolute Gasteiger partial charge is 0.466 e. The fraction of sp³-hybridized carbons (Fsp3) is 0.789.